The van der Waals surface area contributed by atoms with Crippen LogP contribution in [0.2, 0.25) is 0 Å². The number of hydrogen-bond acceptors (Lipinski definition) is 3. The van der Waals surface area contributed by atoms with Gasteiger partial charge in [-0.05, 0) is 56.8 Å². The average Bonchev–Trinajstić information content (AvgIpc) is 2.98. The average molecular weight is 353 g/mol. The van der Waals surface area contributed by atoms with Crippen molar-refractivity contribution in [2.45, 2.75) is 52.2 Å². The molecular weight excluding hydrogens is 324 g/mol. The summed E-state index contributed by atoms with van der Waals surface area (Å²) in [6.45, 7) is 6.44. The van der Waals surface area contributed by atoms with Crippen LogP contribution in [-0.4, -0.2) is 25.1 Å². The van der Waals surface area contributed by atoms with E-state index >= 15 is 0 Å². The van der Waals surface area contributed by atoms with Crippen LogP contribution in [0.5, 0.6) is 0 Å². The quantitative estimate of drug-likeness (QED) is 0.848. The van der Waals surface area contributed by atoms with Gasteiger partial charge in [0.1, 0.15) is 0 Å². The van der Waals surface area contributed by atoms with Crippen molar-refractivity contribution in [1.82, 2.24) is 5.32 Å². The number of anilines is 1. The van der Waals surface area contributed by atoms with Gasteiger partial charge in [0, 0.05) is 12.2 Å². The van der Waals surface area contributed by atoms with E-state index in [1.54, 1.807) is 0 Å². The molecule has 1 amide bonds. The number of rotatable bonds is 5. The molecule has 4 nitrogen and oxygen atoms in total. The van der Waals surface area contributed by atoms with Crippen LogP contribution in [0.1, 0.15) is 45.1 Å². The van der Waals surface area contributed by atoms with Crippen LogP contribution >= 0.6 is 12.4 Å². The number of amides is 1. The molecular formula is C19H29ClN2O2. The number of ether oxygens (including phenoxy) is 1. The molecule has 0 spiro atoms. The first-order valence-electron chi connectivity index (χ1n) is 8.83. The van der Waals surface area contributed by atoms with E-state index in [1.165, 1.54) is 12.8 Å². The summed E-state index contributed by atoms with van der Waals surface area (Å²) in [5.74, 6) is 0.679. The molecule has 24 heavy (non-hydrogen) atoms. The number of nitrogens with one attached hydrogen (secondary N) is 2. The number of benzene rings is 1. The molecule has 0 unspecified atom stereocenters. The molecule has 2 aliphatic rings. The van der Waals surface area contributed by atoms with Gasteiger partial charge in [-0.15, -0.1) is 12.4 Å². The van der Waals surface area contributed by atoms with Crippen molar-refractivity contribution >= 4 is 24.0 Å². The van der Waals surface area contributed by atoms with Crippen LogP contribution in [0.4, 0.5) is 5.69 Å². The Bertz CT molecular complexity index is 564. The van der Waals surface area contributed by atoms with Gasteiger partial charge in [0.05, 0.1) is 18.1 Å². The summed E-state index contributed by atoms with van der Waals surface area (Å²) in [7, 11) is 0. The highest BCUT2D eigenvalue weighted by Gasteiger charge is 2.49. The number of carbonyl (C=O) groups is 1. The molecule has 2 N–H and O–H groups in total. The minimum atomic E-state index is -0.206. The molecule has 3 rings (SSSR count). The second-order valence-electron chi connectivity index (χ2n) is 7.24. The van der Waals surface area contributed by atoms with Gasteiger partial charge < -0.3 is 15.4 Å². The van der Waals surface area contributed by atoms with E-state index < -0.39 is 0 Å². The zero-order chi connectivity index (χ0) is 16.3. The Labute approximate surface area is 151 Å². The van der Waals surface area contributed by atoms with Gasteiger partial charge in [-0.2, -0.15) is 0 Å². The minimum Gasteiger partial charge on any atom is -0.374 e. The van der Waals surface area contributed by atoms with E-state index in [0.29, 0.717) is 12.5 Å². The standard InChI is InChI=1S/C19H28N2O2.ClH/c1-14(2)23-12-15-6-5-8-17(10-15)21-18(22)19-9-4-3-7-16(19)11-20-13-19;/h5-6,8,10,14,16,20H,3-4,7,9,11-13H2,1-2H3,(H,21,22);1H/t16-,19+;/m0./s1. The Morgan fingerprint density at radius 2 is 2.25 bits per heavy atom. The Morgan fingerprint density at radius 1 is 1.42 bits per heavy atom. The zero-order valence-corrected chi connectivity index (χ0v) is 15.5. The lowest BCUT2D eigenvalue weighted by atomic mass is 9.67. The van der Waals surface area contributed by atoms with E-state index in [1.807, 2.05) is 38.1 Å². The smallest absolute Gasteiger partial charge is 0.232 e. The fraction of sp³-hybridized carbons (Fsp3) is 0.632. The molecule has 1 saturated heterocycles. The van der Waals surface area contributed by atoms with E-state index in [2.05, 4.69) is 10.6 Å². The summed E-state index contributed by atoms with van der Waals surface area (Å²) in [6.07, 6.45) is 4.80. The molecule has 1 aromatic carbocycles. The number of carbonyl (C=O) groups excluding carboxylic acids is 1. The lowest BCUT2D eigenvalue weighted by Crippen LogP contribution is -2.44. The Hall–Kier alpha value is -1.10. The maximum absolute atomic E-state index is 13.0. The minimum absolute atomic E-state index is 0. The maximum Gasteiger partial charge on any atom is 0.232 e. The topological polar surface area (TPSA) is 50.4 Å². The normalized spacial score (nSPS) is 25.9. The summed E-state index contributed by atoms with van der Waals surface area (Å²) < 4.78 is 5.65. The number of hydrogen-bond donors (Lipinski definition) is 2. The summed E-state index contributed by atoms with van der Waals surface area (Å²) >= 11 is 0. The zero-order valence-electron chi connectivity index (χ0n) is 14.6. The predicted octanol–water partition coefficient (Wildman–Crippen LogP) is 3.75. The van der Waals surface area contributed by atoms with Crippen LogP contribution in [0.3, 0.4) is 0 Å². The van der Waals surface area contributed by atoms with Crippen molar-refractivity contribution in [1.29, 1.82) is 0 Å². The first-order chi connectivity index (χ1) is 11.1. The second-order valence-corrected chi connectivity index (χ2v) is 7.24. The van der Waals surface area contributed by atoms with Crippen molar-refractivity contribution in [3.05, 3.63) is 29.8 Å². The fourth-order valence-corrected chi connectivity index (χ4v) is 3.95. The van der Waals surface area contributed by atoms with Crippen LogP contribution in [0.15, 0.2) is 24.3 Å². The molecule has 2 atom stereocenters. The molecule has 1 saturated carbocycles. The van der Waals surface area contributed by atoms with Gasteiger partial charge in [-0.3, -0.25) is 4.79 Å². The molecule has 1 aromatic rings. The molecule has 1 aliphatic heterocycles. The largest absolute Gasteiger partial charge is 0.374 e. The monoisotopic (exact) mass is 352 g/mol. The lowest BCUT2D eigenvalue weighted by Gasteiger charge is -2.37. The Balaban J connectivity index is 0.00000208. The van der Waals surface area contributed by atoms with Crippen LogP contribution < -0.4 is 10.6 Å². The van der Waals surface area contributed by atoms with Crippen LogP contribution in [-0.2, 0) is 16.1 Å². The van der Waals surface area contributed by atoms with Crippen molar-refractivity contribution < 1.29 is 9.53 Å². The molecule has 134 valence electrons. The fourth-order valence-electron chi connectivity index (χ4n) is 3.95. The second kappa shape index (κ2) is 8.32. The molecule has 2 fully saturated rings. The van der Waals surface area contributed by atoms with Crippen molar-refractivity contribution in [3.63, 3.8) is 0 Å². The highest BCUT2D eigenvalue weighted by molar-refractivity contribution is 5.96. The van der Waals surface area contributed by atoms with Crippen molar-refractivity contribution in [2.75, 3.05) is 18.4 Å². The molecule has 5 heteroatoms. The van der Waals surface area contributed by atoms with E-state index in [-0.39, 0.29) is 29.8 Å². The number of halogens is 1. The van der Waals surface area contributed by atoms with Crippen molar-refractivity contribution in [2.24, 2.45) is 11.3 Å². The highest BCUT2D eigenvalue weighted by atomic mass is 35.5. The van der Waals surface area contributed by atoms with Crippen LogP contribution in [0, 0.1) is 11.3 Å². The van der Waals surface area contributed by atoms with E-state index in [4.69, 9.17) is 4.74 Å². The lowest BCUT2D eigenvalue weighted by molar-refractivity contribution is -0.128. The third-order valence-electron chi connectivity index (χ3n) is 5.26. The molecule has 1 aliphatic carbocycles. The number of fused-ring (bicyclic) bond motifs is 1. The third kappa shape index (κ3) is 4.11. The third-order valence-corrected chi connectivity index (χ3v) is 5.26. The summed E-state index contributed by atoms with van der Waals surface area (Å²) in [5, 5.41) is 6.60. The SMILES string of the molecule is CC(C)OCc1cccc(NC(=O)[C@@]23CCCC[C@H]2CNC3)c1.Cl. The predicted molar refractivity (Wildman–Crippen MR) is 99.5 cm³/mol. The maximum atomic E-state index is 13.0. The van der Waals surface area contributed by atoms with Crippen LogP contribution in [0.25, 0.3) is 0 Å². The van der Waals surface area contributed by atoms with Gasteiger partial charge in [0.25, 0.3) is 0 Å². The molecule has 0 aromatic heterocycles. The molecule has 0 bridgehead atoms. The van der Waals surface area contributed by atoms with Crippen molar-refractivity contribution in [3.8, 4) is 0 Å². The Morgan fingerprint density at radius 3 is 3.04 bits per heavy atom. The first kappa shape index (κ1) is 19.2. The summed E-state index contributed by atoms with van der Waals surface area (Å²) in [4.78, 5) is 13.0. The Kier molecular flexibility index (Phi) is 6.67. The summed E-state index contributed by atoms with van der Waals surface area (Å²) in [5.41, 5.74) is 1.77. The van der Waals surface area contributed by atoms with Gasteiger partial charge in [0.2, 0.25) is 5.91 Å². The van der Waals surface area contributed by atoms with Gasteiger partial charge in [-0.1, -0.05) is 25.0 Å². The highest BCUT2D eigenvalue weighted by Crippen LogP contribution is 2.44. The van der Waals surface area contributed by atoms with Gasteiger partial charge >= 0.3 is 0 Å². The summed E-state index contributed by atoms with van der Waals surface area (Å²) in [6, 6.07) is 8.01. The molecule has 0 radical (unpaired) electrons. The molecule has 1 heterocycles. The van der Waals surface area contributed by atoms with E-state index in [0.717, 1.165) is 37.2 Å². The van der Waals surface area contributed by atoms with Gasteiger partial charge in [0.15, 0.2) is 0 Å². The first-order valence-corrected chi connectivity index (χ1v) is 8.83. The van der Waals surface area contributed by atoms with E-state index in [9.17, 15) is 4.79 Å². The van der Waals surface area contributed by atoms with Gasteiger partial charge in [-0.25, -0.2) is 0 Å².